The number of aliphatic imine (C=N–C) groups is 1. The van der Waals surface area contributed by atoms with Crippen LogP contribution in [-0.4, -0.2) is 35.7 Å². The molecular formula is C19H18N6O3. The van der Waals surface area contributed by atoms with Gasteiger partial charge in [-0.15, -0.1) is 0 Å². The van der Waals surface area contributed by atoms with Crippen molar-refractivity contribution in [2.45, 2.75) is 6.42 Å². The highest BCUT2D eigenvalue weighted by molar-refractivity contribution is 6.02. The lowest BCUT2D eigenvalue weighted by Gasteiger charge is -2.11. The number of guanidine groups is 1. The first-order valence-corrected chi connectivity index (χ1v) is 8.52. The van der Waals surface area contributed by atoms with Gasteiger partial charge in [-0.1, -0.05) is 6.07 Å². The lowest BCUT2D eigenvalue weighted by molar-refractivity contribution is 0.100. The molecule has 9 nitrogen and oxygen atoms in total. The second-order valence-electron chi connectivity index (χ2n) is 6.18. The van der Waals surface area contributed by atoms with Crippen molar-refractivity contribution in [1.82, 2.24) is 9.97 Å². The van der Waals surface area contributed by atoms with E-state index in [0.717, 1.165) is 5.56 Å². The van der Waals surface area contributed by atoms with Gasteiger partial charge < -0.3 is 26.3 Å². The summed E-state index contributed by atoms with van der Waals surface area (Å²) in [4.78, 5) is 24.6. The second kappa shape index (κ2) is 7.03. The minimum atomic E-state index is -0.526. The van der Waals surface area contributed by atoms with Crippen LogP contribution in [0.3, 0.4) is 0 Å². The van der Waals surface area contributed by atoms with Crippen LogP contribution in [0.4, 0.5) is 5.82 Å². The fraction of sp³-hybridized carbons (Fsp3) is 0.158. The zero-order chi connectivity index (χ0) is 19.7. The number of aromatic nitrogens is 2. The van der Waals surface area contributed by atoms with Crippen LogP contribution in [0.1, 0.15) is 21.7 Å². The van der Waals surface area contributed by atoms with Crippen molar-refractivity contribution in [3.63, 3.8) is 0 Å². The van der Waals surface area contributed by atoms with Crippen molar-refractivity contribution >= 4 is 28.6 Å². The molecule has 0 atom stereocenters. The number of nitrogens with two attached hydrogens (primary N) is 2. The van der Waals surface area contributed by atoms with E-state index in [0.29, 0.717) is 46.0 Å². The van der Waals surface area contributed by atoms with Crippen molar-refractivity contribution in [2.24, 2.45) is 16.5 Å². The van der Waals surface area contributed by atoms with Crippen LogP contribution in [0.25, 0.3) is 10.9 Å². The number of hydrogen-bond donors (Lipinski definition) is 3. The third-order valence-electron chi connectivity index (χ3n) is 4.31. The number of amides is 1. The van der Waals surface area contributed by atoms with Gasteiger partial charge in [0.25, 0.3) is 0 Å². The number of fused-ring (bicyclic) bond motifs is 2. The molecule has 0 aliphatic carbocycles. The van der Waals surface area contributed by atoms with Crippen LogP contribution in [0, 0.1) is 0 Å². The Labute approximate surface area is 160 Å². The van der Waals surface area contributed by atoms with E-state index in [1.807, 2.05) is 18.2 Å². The Hall–Kier alpha value is -3.88. The fourth-order valence-electron chi connectivity index (χ4n) is 2.92. The minimum Gasteiger partial charge on any atom is -0.454 e. The largest absolute Gasteiger partial charge is 0.454 e. The Morgan fingerprint density at radius 3 is 2.75 bits per heavy atom. The minimum absolute atomic E-state index is 0.213. The zero-order valence-electron chi connectivity index (χ0n) is 15.1. The summed E-state index contributed by atoms with van der Waals surface area (Å²) in [6.07, 6.45) is 0.450. The molecule has 0 fully saturated rings. The van der Waals surface area contributed by atoms with Crippen LogP contribution in [-0.2, 0) is 6.42 Å². The molecule has 2 heterocycles. The Kier molecular flexibility index (Phi) is 4.40. The normalized spacial score (nSPS) is 13.0. The Morgan fingerprint density at radius 1 is 1.14 bits per heavy atom. The molecule has 28 heavy (non-hydrogen) atoms. The standard InChI is InChI=1S/C19H18N6O3/c1-22-19(21)25-18-12-4-3-11(17(20)26)8-13(12)23-16(24-18)7-10-2-5-14-15(6-10)28-9-27-14/h2-6,8H,7,9H2,1H3,(H2,20,26)(H3,21,22,23,24,25). The number of hydrogen-bond acceptors (Lipinski definition) is 6. The number of rotatable bonds is 4. The molecule has 0 saturated carbocycles. The number of carbonyl (C=O) groups excluding carboxylic acids is 1. The molecule has 0 radical (unpaired) electrons. The van der Waals surface area contributed by atoms with Crippen molar-refractivity contribution in [3.05, 3.63) is 53.3 Å². The third-order valence-corrected chi connectivity index (χ3v) is 4.31. The average molecular weight is 378 g/mol. The van der Waals surface area contributed by atoms with Crippen LogP contribution in [0.15, 0.2) is 41.4 Å². The average Bonchev–Trinajstić information content (AvgIpc) is 3.15. The Morgan fingerprint density at radius 2 is 1.96 bits per heavy atom. The summed E-state index contributed by atoms with van der Waals surface area (Å²) < 4.78 is 10.8. The van der Waals surface area contributed by atoms with E-state index >= 15 is 0 Å². The summed E-state index contributed by atoms with van der Waals surface area (Å²) >= 11 is 0. The number of anilines is 1. The highest BCUT2D eigenvalue weighted by atomic mass is 16.7. The summed E-state index contributed by atoms with van der Waals surface area (Å²) in [5.74, 6) is 2.13. The first kappa shape index (κ1) is 17.5. The lowest BCUT2D eigenvalue weighted by atomic mass is 10.1. The van der Waals surface area contributed by atoms with Gasteiger partial charge in [0, 0.05) is 24.4 Å². The quantitative estimate of drug-likeness (QED) is 0.461. The maximum absolute atomic E-state index is 11.5. The van der Waals surface area contributed by atoms with Gasteiger partial charge in [-0.2, -0.15) is 0 Å². The van der Waals surface area contributed by atoms with Gasteiger partial charge in [0.05, 0.1) is 5.52 Å². The molecular weight excluding hydrogens is 360 g/mol. The third kappa shape index (κ3) is 3.37. The number of primary amides is 1. The fourth-order valence-corrected chi connectivity index (χ4v) is 2.92. The lowest BCUT2D eigenvalue weighted by Crippen LogP contribution is -2.23. The molecule has 0 bridgehead atoms. The van der Waals surface area contributed by atoms with Crippen LogP contribution in [0.5, 0.6) is 11.5 Å². The van der Waals surface area contributed by atoms with E-state index in [1.165, 1.54) is 0 Å². The summed E-state index contributed by atoms with van der Waals surface area (Å²) in [7, 11) is 1.57. The van der Waals surface area contributed by atoms with Gasteiger partial charge in [0.15, 0.2) is 17.5 Å². The molecule has 2 aromatic carbocycles. The first-order chi connectivity index (χ1) is 13.5. The van der Waals surface area contributed by atoms with Crippen molar-refractivity contribution in [2.75, 3.05) is 19.2 Å². The maximum Gasteiger partial charge on any atom is 0.248 e. The Balaban J connectivity index is 1.77. The molecule has 0 unspecified atom stereocenters. The van der Waals surface area contributed by atoms with Crippen LogP contribution in [0.2, 0.25) is 0 Å². The smallest absolute Gasteiger partial charge is 0.248 e. The predicted octanol–water partition coefficient (Wildman–Crippen LogP) is 1.40. The SMILES string of the molecule is CN=C(N)Nc1nc(Cc2ccc3c(c2)OCO3)nc2cc(C(N)=O)ccc12. The van der Waals surface area contributed by atoms with E-state index in [-0.39, 0.29) is 12.8 Å². The monoisotopic (exact) mass is 378 g/mol. The maximum atomic E-state index is 11.5. The van der Waals surface area contributed by atoms with Crippen molar-refractivity contribution in [3.8, 4) is 11.5 Å². The molecule has 3 aromatic rings. The summed E-state index contributed by atoms with van der Waals surface area (Å²) in [6, 6.07) is 10.7. The molecule has 9 heteroatoms. The van der Waals surface area contributed by atoms with Crippen molar-refractivity contribution < 1.29 is 14.3 Å². The van der Waals surface area contributed by atoms with Gasteiger partial charge in [0.1, 0.15) is 11.6 Å². The molecule has 0 saturated heterocycles. The molecule has 1 aliphatic heterocycles. The number of nitrogens with zero attached hydrogens (tertiary/aromatic N) is 3. The predicted molar refractivity (Wildman–Crippen MR) is 105 cm³/mol. The molecule has 142 valence electrons. The molecule has 1 amide bonds. The van der Waals surface area contributed by atoms with E-state index in [1.54, 1.807) is 25.2 Å². The second-order valence-corrected chi connectivity index (χ2v) is 6.18. The molecule has 0 spiro atoms. The van der Waals surface area contributed by atoms with E-state index in [9.17, 15) is 4.79 Å². The highest BCUT2D eigenvalue weighted by Crippen LogP contribution is 2.33. The number of nitrogens with one attached hydrogen (secondary N) is 1. The Bertz CT molecular complexity index is 1110. The number of ether oxygens (including phenoxy) is 2. The van der Waals surface area contributed by atoms with Gasteiger partial charge in [-0.05, 0) is 35.9 Å². The summed E-state index contributed by atoms with van der Waals surface area (Å²) in [5.41, 5.74) is 13.1. The van der Waals surface area contributed by atoms with Crippen LogP contribution < -0.4 is 26.3 Å². The van der Waals surface area contributed by atoms with Crippen LogP contribution >= 0.6 is 0 Å². The van der Waals surface area contributed by atoms with Crippen molar-refractivity contribution in [1.29, 1.82) is 0 Å². The zero-order valence-corrected chi connectivity index (χ0v) is 15.1. The van der Waals surface area contributed by atoms with Gasteiger partial charge in [0.2, 0.25) is 12.7 Å². The van der Waals surface area contributed by atoms with Gasteiger partial charge >= 0.3 is 0 Å². The number of benzene rings is 2. The molecule has 4 rings (SSSR count). The first-order valence-electron chi connectivity index (χ1n) is 8.52. The van der Waals surface area contributed by atoms with Gasteiger partial charge in [-0.3, -0.25) is 9.79 Å². The molecule has 1 aliphatic rings. The molecule has 5 N–H and O–H groups in total. The van der Waals surface area contributed by atoms with E-state index in [4.69, 9.17) is 20.9 Å². The molecule has 1 aromatic heterocycles. The number of carbonyl (C=O) groups is 1. The topological polar surface area (TPSA) is 138 Å². The summed E-state index contributed by atoms with van der Waals surface area (Å²) in [6.45, 7) is 0.213. The van der Waals surface area contributed by atoms with E-state index in [2.05, 4.69) is 20.3 Å². The summed E-state index contributed by atoms with van der Waals surface area (Å²) in [5, 5.41) is 3.67. The highest BCUT2D eigenvalue weighted by Gasteiger charge is 2.15. The van der Waals surface area contributed by atoms with Gasteiger partial charge in [-0.25, -0.2) is 9.97 Å². The van der Waals surface area contributed by atoms with E-state index < -0.39 is 5.91 Å².